The van der Waals surface area contributed by atoms with Gasteiger partial charge in [0.05, 0.1) is 0 Å². The summed E-state index contributed by atoms with van der Waals surface area (Å²) >= 11 is 0. The summed E-state index contributed by atoms with van der Waals surface area (Å²) in [5.74, 6) is -0.131. The summed E-state index contributed by atoms with van der Waals surface area (Å²) in [6.07, 6.45) is 3.55. The number of benzene rings is 1. The first-order valence-corrected chi connectivity index (χ1v) is 3.86. The quantitative estimate of drug-likeness (QED) is 0.531. The van der Waals surface area contributed by atoms with E-state index in [1.165, 1.54) is 6.07 Å². The number of aryl methyl sites for hydroxylation is 1. The highest BCUT2D eigenvalue weighted by Crippen LogP contribution is 2.25. The summed E-state index contributed by atoms with van der Waals surface area (Å²) in [6, 6.07) is 4.85. The SMILES string of the molecule is C=CCCc1ccc(O)c(O)c1. The predicted octanol–water partition coefficient (Wildman–Crippen LogP) is 2.22. The van der Waals surface area contributed by atoms with Crippen LogP contribution in [-0.2, 0) is 6.42 Å². The summed E-state index contributed by atoms with van der Waals surface area (Å²) in [5.41, 5.74) is 1.00. The maximum absolute atomic E-state index is 9.12. The van der Waals surface area contributed by atoms with Crippen LogP contribution in [0.25, 0.3) is 0 Å². The maximum Gasteiger partial charge on any atom is 0.157 e. The minimum atomic E-state index is -0.0719. The lowest BCUT2D eigenvalue weighted by Crippen LogP contribution is -1.82. The average molecular weight is 164 g/mol. The zero-order chi connectivity index (χ0) is 8.97. The molecule has 0 aliphatic heterocycles. The number of hydrogen-bond acceptors (Lipinski definition) is 2. The highest BCUT2D eigenvalue weighted by Gasteiger charge is 1.98. The molecule has 1 aromatic rings. The van der Waals surface area contributed by atoms with Gasteiger partial charge in [-0.25, -0.2) is 0 Å². The van der Waals surface area contributed by atoms with Crippen molar-refractivity contribution in [1.29, 1.82) is 0 Å². The second-order valence-corrected chi connectivity index (χ2v) is 2.65. The van der Waals surface area contributed by atoms with Crippen LogP contribution < -0.4 is 0 Å². The Kier molecular flexibility index (Phi) is 2.75. The van der Waals surface area contributed by atoms with Gasteiger partial charge >= 0.3 is 0 Å². The van der Waals surface area contributed by atoms with Crippen LogP contribution in [0.1, 0.15) is 12.0 Å². The van der Waals surface area contributed by atoms with Gasteiger partial charge in [0.2, 0.25) is 0 Å². The molecular formula is C10H12O2. The van der Waals surface area contributed by atoms with Gasteiger partial charge < -0.3 is 10.2 Å². The topological polar surface area (TPSA) is 40.5 Å². The summed E-state index contributed by atoms with van der Waals surface area (Å²) in [5, 5.41) is 18.1. The molecule has 2 nitrogen and oxygen atoms in total. The molecule has 0 bridgehead atoms. The van der Waals surface area contributed by atoms with Crippen molar-refractivity contribution in [2.24, 2.45) is 0 Å². The van der Waals surface area contributed by atoms with Gasteiger partial charge in [-0.3, -0.25) is 0 Å². The van der Waals surface area contributed by atoms with Gasteiger partial charge in [0.25, 0.3) is 0 Å². The van der Waals surface area contributed by atoms with E-state index in [0.29, 0.717) is 0 Å². The third kappa shape index (κ3) is 2.02. The summed E-state index contributed by atoms with van der Waals surface area (Å²) in [4.78, 5) is 0. The molecule has 2 heteroatoms. The van der Waals surface area contributed by atoms with E-state index in [-0.39, 0.29) is 11.5 Å². The van der Waals surface area contributed by atoms with Gasteiger partial charge in [-0.15, -0.1) is 6.58 Å². The third-order valence-electron chi connectivity index (χ3n) is 1.68. The molecule has 0 unspecified atom stereocenters. The molecular weight excluding hydrogens is 152 g/mol. The molecule has 0 heterocycles. The van der Waals surface area contributed by atoms with Gasteiger partial charge in [-0.05, 0) is 30.5 Å². The first kappa shape index (κ1) is 8.65. The van der Waals surface area contributed by atoms with Crippen molar-refractivity contribution in [3.05, 3.63) is 36.4 Å². The fourth-order valence-corrected chi connectivity index (χ4v) is 0.993. The number of hydrogen-bond donors (Lipinski definition) is 2. The largest absolute Gasteiger partial charge is 0.504 e. The zero-order valence-electron chi connectivity index (χ0n) is 6.83. The highest BCUT2D eigenvalue weighted by molar-refractivity contribution is 5.40. The first-order chi connectivity index (χ1) is 5.74. The van der Waals surface area contributed by atoms with Gasteiger partial charge in [-0.1, -0.05) is 12.1 Å². The van der Waals surface area contributed by atoms with Crippen molar-refractivity contribution < 1.29 is 10.2 Å². The highest BCUT2D eigenvalue weighted by atomic mass is 16.3. The van der Waals surface area contributed by atoms with E-state index in [2.05, 4.69) is 6.58 Å². The molecule has 0 atom stereocenters. The number of rotatable bonds is 3. The molecule has 0 aliphatic rings. The van der Waals surface area contributed by atoms with Gasteiger partial charge in [0.15, 0.2) is 11.5 Å². The van der Waals surface area contributed by atoms with Crippen LogP contribution >= 0.6 is 0 Å². The van der Waals surface area contributed by atoms with Crippen LogP contribution in [0.3, 0.4) is 0 Å². The van der Waals surface area contributed by atoms with Gasteiger partial charge in [0.1, 0.15) is 0 Å². The van der Waals surface area contributed by atoms with E-state index in [1.54, 1.807) is 12.1 Å². The fraction of sp³-hybridized carbons (Fsp3) is 0.200. The van der Waals surface area contributed by atoms with E-state index < -0.39 is 0 Å². The Morgan fingerprint density at radius 3 is 2.58 bits per heavy atom. The van der Waals surface area contributed by atoms with Crippen molar-refractivity contribution in [3.63, 3.8) is 0 Å². The van der Waals surface area contributed by atoms with Crippen molar-refractivity contribution >= 4 is 0 Å². The zero-order valence-corrected chi connectivity index (χ0v) is 6.83. The molecule has 1 rings (SSSR count). The van der Waals surface area contributed by atoms with Crippen LogP contribution in [0.5, 0.6) is 11.5 Å². The molecule has 64 valence electrons. The maximum atomic E-state index is 9.12. The smallest absolute Gasteiger partial charge is 0.157 e. The first-order valence-electron chi connectivity index (χ1n) is 3.86. The summed E-state index contributed by atoms with van der Waals surface area (Å²) < 4.78 is 0. The van der Waals surface area contributed by atoms with Gasteiger partial charge in [0, 0.05) is 0 Å². The number of aromatic hydroxyl groups is 2. The Labute approximate surface area is 71.8 Å². The Morgan fingerprint density at radius 1 is 1.25 bits per heavy atom. The standard InChI is InChI=1S/C10H12O2/c1-2-3-4-8-5-6-9(11)10(12)7-8/h2,5-7,11-12H,1,3-4H2. The molecule has 0 saturated heterocycles. The summed E-state index contributed by atoms with van der Waals surface area (Å²) in [7, 11) is 0. The minimum Gasteiger partial charge on any atom is -0.504 e. The van der Waals surface area contributed by atoms with E-state index >= 15 is 0 Å². The van der Waals surface area contributed by atoms with Gasteiger partial charge in [-0.2, -0.15) is 0 Å². The minimum absolute atomic E-state index is 0.0587. The monoisotopic (exact) mass is 164 g/mol. The molecule has 2 N–H and O–H groups in total. The number of allylic oxidation sites excluding steroid dienone is 1. The molecule has 1 aromatic carbocycles. The van der Waals surface area contributed by atoms with E-state index in [0.717, 1.165) is 18.4 Å². The van der Waals surface area contributed by atoms with E-state index in [1.807, 2.05) is 6.08 Å². The second-order valence-electron chi connectivity index (χ2n) is 2.65. The fourth-order valence-electron chi connectivity index (χ4n) is 0.993. The average Bonchev–Trinajstić information content (AvgIpc) is 2.07. The lowest BCUT2D eigenvalue weighted by atomic mass is 10.1. The molecule has 0 fully saturated rings. The number of phenols is 2. The van der Waals surface area contributed by atoms with Crippen LogP contribution in [0.4, 0.5) is 0 Å². The molecule has 0 saturated carbocycles. The van der Waals surface area contributed by atoms with Crippen molar-refractivity contribution in [1.82, 2.24) is 0 Å². The van der Waals surface area contributed by atoms with Crippen LogP contribution in [0.15, 0.2) is 30.9 Å². The molecule has 0 amide bonds. The molecule has 0 aliphatic carbocycles. The Hall–Kier alpha value is -1.44. The molecule has 0 aromatic heterocycles. The lowest BCUT2D eigenvalue weighted by Gasteiger charge is -2.00. The van der Waals surface area contributed by atoms with Crippen molar-refractivity contribution in [2.45, 2.75) is 12.8 Å². The molecule has 0 spiro atoms. The molecule has 0 radical (unpaired) electrons. The third-order valence-corrected chi connectivity index (χ3v) is 1.68. The van der Waals surface area contributed by atoms with Crippen molar-refractivity contribution in [2.75, 3.05) is 0 Å². The van der Waals surface area contributed by atoms with E-state index in [9.17, 15) is 0 Å². The van der Waals surface area contributed by atoms with Crippen molar-refractivity contribution in [3.8, 4) is 11.5 Å². The normalized spacial score (nSPS) is 9.67. The van der Waals surface area contributed by atoms with Crippen LogP contribution in [0.2, 0.25) is 0 Å². The summed E-state index contributed by atoms with van der Waals surface area (Å²) in [6.45, 7) is 3.60. The predicted molar refractivity (Wildman–Crippen MR) is 48.3 cm³/mol. The van der Waals surface area contributed by atoms with Crippen LogP contribution in [0, 0.1) is 0 Å². The Balaban J connectivity index is 2.75. The Bertz CT molecular complexity index is 279. The Morgan fingerprint density at radius 2 is 2.00 bits per heavy atom. The lowest BCUT2D eigenvalue weighted by molar-refractivity contribution is 0.403. The van der Waals surface area contributed by atoms with Crippen LogP contribution in [-0.4, -0.2) is 10.2 Å². The van der Waals surface area contributed by atoms with E-state index in [4.69, 9.17) is 10.2 Å². The molecule has 12 heavy (non-hydrogen) atoms. The second kappa shape index (κ2) is 3.81. The number of phenolic OH excluding ortho intramolecular Hbond substituents is 2.